The number of ether oxygens (including phenoxy) is 1. The number of carbonyl (C=O) groups excluding carboxylic acids is 1. The molecule has 2 unspecified atom stereocenters. The number of anilines is 1. The van der Waals surface area contributed by atoms with Gasteiger partial charge < -0.3 is 15.8 Å². The summed E-state index contributed by atoms with van der Waals surface area (Å²) in [6.45, 7) is 3.52. The summed E-state index contributed by atoms with van der Waals surface area (Å²) in [7, 11) is 0. The summed E-state index contributed by atoms with van der Waals surface area (Å²) in [5.74, 6) is 2.69. The molecule has 4 N–H and O–H groups in total. The average Bonchev–Trinajstić information content (AvgIpc) is 3.28. The smallest absolute Gasteiger partial charge is 0.290 e. The van der Waals surface area contributed by atoms with Gasteiger partial charge in [0.2, 0.25) is 5.91 Å². The summed E-state index contributed by atoms with van der Waals surface area (Å²) in [6, 6.07) is 8.01. The molecule has 182 valence electrons. The SMILES string of the molecule is C=CC(=O)N[C@H]1CC[C@@H](n2nc(-c3ccc(OC4CC5CC5C4)cc3)c3c(N)n[nH]c(=O)c32)CC1. The van der Waals surface area contributed by atoms with Crippen molar-refractivity contribution in [3.8, 4) is 17.0 Å². The minimum atomic E-state index is -0.310. The minimum Gasteiger partial charge on any atom is -0.490 e. The van der Waals surface area contributed by atoms with E-state index in [9.17, 15) is 9.59 Å². The second kappa shape index (κ2) is 8.55. The van der Waals surface area contributed by atoms with Gasteiger partial charge in [-0.15, -0.1) is 0 Å². The van der Waals surface area contributed by atoms with Crippen molar-refractivity contribution in [3.05, 3.63) is 47.3 Å². The zero-order chi connectivity index (χ0) is 24.1. The molecule has 0 bridgehead atoms. The van der Waals surface area contributed by atoms with Crippen LogP contribution in [-0.4, -0.2) is 38.0 Å². The van der Waals surface area contributed by atoms with E-state index >= 15 is 0 Å². The highest BCUT2D eigenvalue weighted by atomic mass is 16.5. The Bertz CT molecular complexity index is 1330. The van der Waals surface area contributed by atoms with Crippen molar-refractivity contribution in [2.24, 2.45) is 11.8 Å². The second-order valence-corrected chi connectivity index (χ2v) is 10.2. The third kappa shape index (κ3) is 4.09. The lowest BCUT2D eigenvalue weighted by Gasteiger charge is -2.29. The lowest BCUT2D eigenvalue weighted by Crippen LogP contribution is -2.37. The first kappa shape index (κ1) is 21.9. The Morgan fingerprint density at radius 3 is 2.54 bits per heavy atom. The summed E-state index contributed by atoms with van der Waals surface area (Å²) < 4.78 is 8.00. The van der Waals surface area contributed by atoms with Crippen LogP contribution < -0.4 is 21.3 Å². The molecule has 2 aromatic heterocycles. The fourth-order valence-corrected chi connectivity index (χ4v) is 5.94. The van der Waals surface area contributed by atoms with E-state index in [1.165, 1.54) is 12.5 Å². The number of aromatic amines is 1. The van der Waals surface area contributed by atoms with E-state index in [4.69, 9.17) is 15.6 Å². The number of nitrogens with two attached hydrogens (primary N) is 1. The third-order valence-corrected chi connectivity index (χ3v) is 7.86. The number of nitrogen functional groups attached to an aromatic ring is 1. The number of nitrogens with one attached hydrogen (secondary N) is 2. The predicted molar refractivity (Wildman–Crippen MR) is 133 cm³/mol. The van der Waals surface area contributed by atoms with Gasteiger partial charge >= 0.3 is 0 Å². The van der Waals surface area contributed by atoms with Crippen molar-refractivity contribution in [2.45, 2.75) is 63.1 Å². The zero-order valence-electron chi connectivity index (χ0n) is 19.6. The van der Waals surface area contributed by atoms with Crippen LogP contribution >= 0.6 is 0 Å². The average molecular weight is 475 g/mol. The summed E-state index contributed by atoms with van der Waals surface area (Å²) in [5, 5.41) is 14.9. The van der Waals surface area contributed by atoms with Crippen molar-refractivity contribution in [1.29, 1.82) is 0 Å². The van der Waals surface area contributed by atoms with E-state index in [-0.39, 0.29) is 29.4 Å². The van der Waals surface area contributed by atoms with Crippen molar-refractivity contribution in [2.75, 3.05) is 5.73 Å². The largest absolute Gasteiger partial charge is 0.490 e. The topological polar surface area (TPSA) is 128 Å². The fourth-order valence-electron chi connectivity index (χ4n) is 5.94. The monoisotopic (exact) mass is 474 g/mol. The lowest BCUT2D eigenvalue weighted by molar-refractivity contribution is -0.117. The maximum absolute atomic E-state index is 12.8. The van der Waals surface area contributed by atoms with E-state index in [1.54, 1.807) is 0 Å². The lowest BCUT2D eigenvalue weighted by atomic mass is 9.91. The van der Waals surface area contributed by atoms with Crippen LogP contribution in [0.1, 0.15) is 51.0 Å². The molecule has 0 radical (unpaired) electrons. The van der Waals surface area contributed by atoms with Gasteiger partial charge in [-0.1, -0.05) is 6.58 Å². The van der Waals surface area contributed by atoms with Gasteiger partial charge in [-0.3, -0.25) is 14.3 Å². The molecule has 3 fully saturated rings. The van der Waals surface area contributed by atoms with Crippen LogP contribution in [0.3, 0.4) is 0 Å². The van der Waals surface area contributed by atoms with Crippen molar-refractivity contribution in [3.63, 3.8) is 0 Å². The molecule has 3 aromatic rings. The highest BCUT2D eigenvalue weighted by Crippen LogP contribution is 2.52. The Morgan fingerprint density at radius 2 is 1.86 bits per heavy atom. The quantitative estimate of drug-likeness (QED) is 0.470. The third-order valence-electron chi connectivity index (χ3n) is 7.86. The van der Waals surface area contributed by atoms with E-state index in [0.29, 0.717) is 22.7 Å². The standard InChI is InChI=1S/C26H30N6O3/c1-2-21(33)28-17-5-7-18(8-6-17)32-24-22(25(27)29-30-26(24)34)23(31-32)14-3-9-19(10-4-14)35-20-12-15-11-16(15)13-20/h2-4,9-10,15-18,20H,1,5-8,11-13H2,(H2,27,29)(H,28,33)(H,30,34)/t15?,16?,17-,18+,20?. The van der Waals surface area contributed by atoms with E-state index < -0.39 is 0 Å². The summed E-state index contributed by atoms with van der Waals surface area (Å²) in [6.07, 6.45) is 8.47. The Kier molecular flexibility index (Phi) is 5.35. The van der Waals surface area contributed by atoms with Crippen molar-refractivity contribution >= 4 is 22.6 Å². The molecule has 0 spiro atoms. The maximum Gasteiger partial charge on any atom is 0.290 e. The number of rotatable bonds is 6. The van der Waals surface area contributed by atoms with Gasteiger partial charge in [0.15, 0.2) is 5.82 Å². The molecule has 1 aromatic carbocycles. The first-order chi connectivity index (χ1) is 17.0. The van der Waals surface area contributed by atoms with Crippen molar-refractivity contribution in [1.82, 2.24) is 25.3 Å². The Morgan fingerprint density at radius 1 is 1.14 bits per heavy atom. The van der Waals surface area contributed by atoms with Crippen LogP contribution in [-0.2, 0) is 4.79 Å². The molecule has 2 heterocycles. The summed E-state index contributed by atoms with van der Waals surface area (Å²) in [4.78, 5) is 24.5. The highest BCUT2D eigenvalue weighted by molar-refractivity contribution is 5.99. The number of amides is 1. The molecule has 2 atom stereocenters. The molecule has 3 saturated carbocycles. The Hall–Kier alpha value is -3.62. The highest BCUT2D eigenvalue weighted by Gasteiger charge is 2.46. The summed E-state index contributed by atoms with van der Waals surface area (Å²) >= 11 is 0. The van der Waals surface area contributed by atoms with E-state index in [0.717, 1.165) is 61.7 Å². The van der Waals surface area contributed by atoms with Crippen LogP contribution in [0, 0.1) is 11.8 Å². The number of fused-ring (bicyclic) bond motifs is 2. The van der Waals surface area contributed by atoms with Gasteiger partial charge in [0.05, 0.1) is 17.5 Å². The molecule has 0 saturated heterocycles. The van der Waals surface area contributed by atoms with Gasteiger partial charge in [0.1, 0.15) is 17.0 Å². The van der Waals surface area contributed by atoms with Gasteiger partial charge in [-0.25, -0.2) is 5.10 Å². The normalized spacial score (nSPS) is 27.4. The van der Waals surface area contributed by atoms with Crippen LogP contribution in [0.2, 0.25) is 0 Å². The minimum absolute atomic E-state index is 0.0300. The first-order valence-corrected chi connectivity index (χ1v) is 12.5. The molecule has 3 aliphatic rings. The Balaban J connectivity index is 1.28. The molecule has 3 aliphatic carbocycles. The maximum atomic E-state index is 12.8. The number of benzene rings is 1. The molecule has 9 nitrogen and oxygen atoms in total. The number of hydrogen-bond donors (Lipinski definition) is 3. The van der Waals surface area contributed by atoms with Crippen LogP contribution in [0.4, 0.5) is 5.82 Å². The molecule has 1 amide bonds. The van der Waals surface area contributed by atoms with Crippen LogP contribution in [0.5, 0.6) is 5.75 Å². The van der Waals surface area contributed by atoms with E-state index in [2.05, 4.69) is 22.1 Å². The van der Waals surface area contributed by atoms with Crippen LogP contribution in [0.25, 0.3) is 22.2 Å². The Labute approximate surface area is 202 Å². The van der Waals surface area contributed by atoms with Gasteiger partial charge in [-0.2, -0.15) is 10.2 Å². The molecule has 9 heteroatoms. The number of aromatic nitrogens is 4. The second-order valence-electron chi connectivity index (χ2n) is 10.2. The molecular weight excluding hydrogens is 444 g/mol. The molecular formula is C26H30N6O3. The van der Waals surface area contributed by atoms with Gasteiger partial charge in [-0.05, 0) is 87.1 Å². The molecule has 35 heavy (non-hydrogen) atoms. The number of carbonyl (C=O) groups is 1. The van der Waals surface area contributed by atoms with Crippen molar-refractivity contribution < 1.29 is 9.53 Å². The molecule has 0 aliphatic heterocycles. The zero-order valence-corrected chi connectivity index (χ0v) is 19.6. The number of nitrogens with zero attached hydrogens (tertiary/aromatic N) is 3. The number of hydrogen-bond acceptors (Lipinski definition) is 6. The fraction of sp³-hybridized carbons (Fsp3) is 0.462. The first-order valence-electron chi connectivity index (χ1n) is 12.5. The van der Waals surface area contributed by atoms with E-state index in [1.807, 2.05) is 28.9 Å². The van der Waals surface area contributed by atoms with Gasteiger partial charge in [0, 0.05) is 11.6 Å². The van der Waals surface area contributed by atoms with Gasteiger partial charge in [0.25, 0.3) is 5.56 Å². The summed E-state index contributed by atoms with van der Waals surface area (Å²) in [5.41, 5.74) is 7.88. The van der Waals surface area contributed by atoms with Crippen LogP contribution in [0.15, 0.2) is 41.7 Å². The molecule has 6 rings (SSSR count). The number of H-pyrrole nitrogens is 1. The predicted octanol–water partition coefficient (Wildman–Crippen LogP) is 3.33.